The minimum Gasteiger partial charge on any atom is -0.492 e. The van der Waals surface area contributed by atoms with E-state index in [9.17, 15) is 4.79 Å². The molecule has 1 aromatic heterocycles. The predicted octanol–water partition coefficient (Wildman–Crippen LogP) is 4.58. The van der Waals surface area contributed by atoms with Gasteiger partial charge in [-0.1, -0.05) is 37.3 Å². The van der Waals surface area contributed by atoms with E-state index in [0.717, 1.165) is 22.4 Å². The fraction of sp³-hybridized carbons (Fsp3) is 0.250. The normalized spacial score (nSPS) is 10.8. The van der Waals surface area contributed by atoms with Crippen molar-refractivity contribution in [3.05, 3.63) is 63.8 Å². The summed E-state index contributed by atoms with van der Waals surface area (Å²) in [4.78, 5) is 14.1. The monoisotopic (exact) mass is 339 g/mol. The third-order valence-corrected chi connectivity index (χ3v) is 5.09. The first-order chi connectivity index (χ1) is 11.7. The SMILES string of the molecule is CCc1cc(C(=O)NCCOc2ccc3ccccc3c2)sc1C. The number of ether oxygens (including phenoxy) is 1. The summed E-state index contributed by atoms with van der Waals surface area (Å²) in [6.45, 7) is 5.11. The fourth-order valence-corrected chi connectivity index (χ4v) is 3.69. The molecule has 0 saturated heterocycles. The van der Waals surface area contributed by atoms with Crippen LogP contribution in [0.25, 0.3) is 10.8 Å². The molecule has 0 atom stereocenters. The van der Waals surface area contributed by atoms with Gasteiger partial charge in [-0.3, -0.25) is 4.79 Å². The van der Waals surface area contributed by atoms with Crippen molar-refractivity contribution >= 4 is 28.0 Å². The molecule has 124 valence electrons. The Balaban J connectivity index is 1.51. The van der Waals surface area contributed by atoms with Gasteiger partial charge in [-0.05, 0) is 47.9 Å². The lowest BCUT2D eigenvalue weighted by atomic mass is 10.1. The van der Waals surface area contributed by atoms with Gasteiger partial charge in [0.15, 0.2) is 0 Å². The van der Waals surface area contributed by atoms with Crippen LogP contribution in [0.5, 0.6) is 5.75 Å². The number of aryl methyl sites for hydroxylation is 2. The van der Waals surface area contributed by atoms with Gasteiger partial charge in [-0.2, -0.15) is 0 Å². The first-order valence-electron chi connectivity index (χ1n) is 8.16. The van der Waals surface area contributed by atoms with Gasteiger partial charge in [0, 0.05) is 4.88 Å². The highest BCUT2D eigenvalue weighted by Gasteiger charge is 2.11. The van der Waals surface area contributed by atoms with Crippen LogP contribution in [-0.4, -0.2) is 19.1 Å². The van der Waals surface area contributed by atoms with Crippen molar-refractivity contribution in [2.24, 2.45) is 0 Å². The number of hydrogen-bond donors (Lipinski definition) is 1. The molecule has 0 saturated carbocycles. The summed E-state index contributed by atoms with van der Waals surface area (Å²) < 4.78 is 5.74. The van der Waals surface area contributed by atoms with Gasteiger partial charge < -0.3 is 10.1 Å². The van der Waals surface area contributed by atoms with Crippen molar-refractivity contribution in [3.63, 3.8) is 0 Å². The van der Waals surface area contributed by atoms with Crippen molar-refractivity contribution < 1.29 is 9.53 Å². The molecule has 0 aliphatic carbocycles. The standard InChI is InChI=1S/C20H21NO2S/c1-3-15-13-19(24-14(15)2)20(22)21-10-11-23-18-9-8-16-6-4-5-7-17(16)12-18/h4-9,12-13H,3,10-11H2,1-2H3,(H,21,22). The number of carbonyl (C=O) groups is 1. The Bertz CT molecular complexity index is 854. The second-order valence-electron chi connectivity index (χ2n) is 5.66. The average Bonchev–Trinajstić information content (AvgIpc) is 2.99. The Morgan fingerprint density at radius 2 is 1.92 bits per heavy atom. The number of thiophene rings is 1. The largest absolute Gasteiger partial charge is 0.492 e. The number of rotatable bonds is 6. The maximum Gasteiger partial charge on any atom is 0.261 e. The van der Waals surface area contributed by atoms with Crippen LogP contribution in [-0.2, 0) is 6.42 Å². The first kappa shape index (κ1) is 16.5. The van der Waals surface area contributed by atoms with E-state index in [4.69, 9.17) is 4.74 Å². The number of nitrogens with one attached hydrogen (secondary N) is 1. The van der Waals surface area contributed by atoms with Crippen molar-refractivity contribution in [1.29, 1.82) is 0 Å². The average molecular weight is 339 g/mol. The van der Waals surface area contributed by atoms with Crippen LogP contribution in [0.4, 0.5) is 0 Å². The second-order valence-corrected chi connectivity index (χ2v) is 6.92. The summed E-state index contributed by atoms with van der Waals surface area (Å²) in [6.07, 6.45) is 0.959. The van der Waals surface area contributed by atoms with E-state index in [1.807, 2.05) is 36.4 Å². The van der Waals surface area contributed by atoms with Crippen LogP contribution < -0.4 is 10.1 Å². The van der Waals surface area contributed by atoms with Gasteiger partial charge in [-0.25, -0.2) is 0 Å². The van der Waals surface area contributed by atoms with Crippen molar-refractivity contribution in [2.45, 2.75) is 20.3 Å². The lowest BCUT2D eigenvalue weighted by Crippen LogP contribution is -2.27. The number of hydrogen-bond acceptors (Lipinski definition) is 3. The summed E-state index contributed by atoms with van der Waals surface area (Å²) >= 11 is 1.55. The molecule has 0 radical (unpaired) electrons. The number of benzene rings is 2. The zero-order valence-corrected chi connectivity index (χ0v) is 14.8. The minimum atomic E-state index is -0.0232. The summed E-state index contributed by atoms with van der Waals surface area (Å²) in [5.41, 5.74) is 1.25. The van der Waals surface area contributed by atoms with Crippen LogP contribution in [0, 0.1) is 6.92 Å². The zero-order valence-electron chi connectivity index (χ0n) is 14.0. The molecular formula is C20H21NO2S. The summed E-state index contributed by atoms with van der Waals surface area (Å²) in [7, 11) is 0. The molecule has 3 rings (SSSR count). The van der Waals surface area contributed by atoms with Crippen LogP contribution in [0.15, 0.2) is 48.5 Å². The first-order valence-corrected chi connectivity index (χ1v) is 8.98. The highest BCUT2D eigenvalue weighted by atomic mass is 32.1. The Kier molecular flexibility index (Phi) is 5.16. The van der Waals surface area contributed by atoms with E-state index in [1.165, 1.54) is 15.8 Å². The maximum absolute atomic E-state index is 12.2. The molecule has 0 unspecified atom stereocenters. The van der Waals surface area contributed by atoms with Crippen LogP contribution in [0.1, 0.15) is 27.0 Å². The molecule has 3 aromatic rings. The summed E-state index contributed by atoms with van der Waals surface area (Å²) in [5.74, 6) is 0.799. The maximum atomic E-state index is 12.2. The lowest BCUT2D eigenvalue weighted by Gasteiger charge is -2.08. The van der Waals surface area contributed by atoms with E-state index in [2.05, 4.69) is 31.3 Å². The van der Waals surface area contributed by atoms with E-state index in [-0.39, 0.29) is 5.91 Å². The third-order valence-electron chi connectivity index (χ3n) is 4.00. The van der Waals surface area contributed by atoms with E-state index < -0.39 is 0 Å². The molecule has 1 N–H and O–H groups in total. The van der Waals surface area contributed by atoms with Crippen LogP contribution >= 0.6 is 11.3 Å². The molecule has 0 aliphatic heterocycles. The summed E-state index contributed by atoms with van der Waals surface area (Å²) in [5, 5.41) is 5.26. The molecule has 1 amide bonds. The minimum absolute atomic E-state index is 0.0232. The molecule has 2 aromatic carbocycles. The highest BCUT2D eigenvalue weighted by molar-refractivity contribution is 7.14. The fourth-order valence-electron chi connectivity index (χ4n) is 2.66. The molecular weight excluding hydrogens is 318 g/mol. The van der Waals surface area contributed by atoms with E-state index in [1.54, 1.807) is 11.3 Å². The smallest absolute Gasteiger partial charge is 0.261 e. The van der Waals surface area contributed by atoms with Crippen LogP contribution in [0.3, 0.4) is 0 Å². The molecule has 0 fully saturated rings. The number of fused-ring (bicyclic) bond motifs is 1. The molecule has 3 nitrogen and oxygen atoms in total. The lowest BCUT2D eigenvalue weighted by molar-refractivity contribution is 0.0951. The Hall–Kier alpha value is -2.33. The van der Waals surface area contributed by atoms with Gasteiger partial charge in [0.2, 0.25) is 0 Å². The van der Waals surface area contributed by atoms with Crippen LogP contribution in [0.2, 0.25) is 0 Å². The highest BCUT2D eigenvalue weighted by Crippen LogP contribution is 2.22. The molecule has 4 heteroatoms. The molecule has 0 spiro atoms. The zero-order chi connectivity index (χ0) is 16.9. The molecule has 1 heterocycles. The van der Waals surface area contributed by atoms with Crippen molar-refractivity contribution in [2.75, 3.05) is 13.2 Å². The Morgan fingerprint density at radius 3 is 2.67 bits per heavy atom. The summed E-state index contributed by atoms with van der Waals surface area (Å²) in [6, 6.07) is 16.2. The number of carbonyl (C=O) groups excluding carboxylic acids is 1. The predicted molar refractivity (Wildman–Crippen MR) is 100 cm³/mol. The van der Waals surface area contributed by atoms with Gasteiger partial charge in [-0.15, -0.1) is 11.3 Å². The molecule has 0 aliphatic rings. The van der Waals surface area contributed by atoms with Crippen molar-refractivity contribution in [3.8, 4) is 5.75 Å². The van der Waals surface area contributed by atoms with E-state index >= 15 is 0 Å². The second kappa shape index (κ2) is 7.49. The van der Waals surface area contributed by atoms with Gasteiger partial charge in [0.1, 0.15) is 12.4 Å². The third kappa shape index (κ3) is 3.77. The topological polar surface area (TPSA) is 38.3 Å². The van der Waals surface area contributed by atoms with Gasteiger partial charge in [0.05, 0.1) is 11.4 Å². The van der Waals surface area contributed by atoms with Gasteiger partial charge >= 0.3 is 0 Å². The Morgan fingerprint density at radius 1 is 1.12 bits per heavy atom. The quantitative estimate of drug-likeness (QED) is 0.668. The Labute approximate surface area is 146 Å². The number of amides is 1. The molecule has 0 bridgehead atoms. The van der Waals surface area contributed by atoms with E-state index in [0.29, 0.717) is 13.2 Å². The van der Waals surface area contributed by atoms with Crippen molar-refractivity contribution in [1.82, 2.24) is 5.32 Å². The molecule has 24 heavy (non-hydrogen) atoms. The van der Waals surface area contributed by atoms with Gasteiger partial charge in [0.25, 0.3) is 5.91 Å².